The standard InChI is InChI=1S/C13H15BrN2S/c1-8(2)12-7-15-13(17)16(12)11-5-9(3)4-10(14)6-11/h4-8H,1-3H3,(H,15,17). The van der Waals surface area contributed by atoms with Crippen molar-refractivity contribution in [3.05, 3.63) is 44.9 Å². The Labute approximate surface area is 115 Å². The van der Waals surface area contributed by atoms with Gasteiger partial charge < -0.3 is 4.98 Å². The molecule has 2 rings (SSSR count). The van der Waals surface area contributed by atoms with Crippen molar-refractivity contribution in [2.45, 2.75) is 26.7 Å². The molecule has 0 aliphatic heterocycles. The smallest absolute Gasteiger partial charge is 0.182 e. The molecule has 0 bridgehead atoms. The quantitative estimate of drug-likeness (QED) is 0.795. The predicted octanol–water partition coefficient (Wildman–Crippen LogP) is 4.73. The fraction of sp³-hybridized carbons (Fsp3) is 0.308. The summed E-state index contributed by atoms with van der Waals surface area (Å²) in [5.74, 6) is 0.433. The fourth-order valence-corrected chi connectivity index (χ4v) is 2.78. The molecule has 0 aliphatic rings. The van der Waals surface area contributed by atoms with E-state index < -0.39 is 0 Å². The zero-order valence-corrected chi connectivity index (χ0v) is 12.5. The zero-order chi connectivity index (χ0) is 12.6. The third kappa shape index (κ3) is 2.53. The lowest BCUT2D eigenvalue weighted by Crippen LogP contribution is -2.02. The first-order valence-corrected chi connectivity index (χ1v) is 6.77. The monoisotopic (exact) mass is 310 g/mol. The maximum Gasteiger partial charge on any atom is 0.182 e. The molecule has 0 atom stereocenters. The van der Waals surface area contributed by atoms with E-state index in [1.54, 1.807) is 0 Å². The van der Waals surface area contributed by atoms with E-state index in [1.165, 1.54) is 11.3 Å². The molecule has 90 valence electrons. The fourth-order valence-electron chi connectivity index (χ4n) is 1.92. The summed E-state index contributed by atoms with van der Waals surface area (Å²) >= 11 is 8.88. The molecule has 0 saturated heterocycles. The van der Waals surface area contributed by atoms with Crippen molar-refractivity contribution >= 4 is 28.1 Å². The van der Waals surface area contributed by atoms with Crippen LogP contribution in [0.15, 0.2) is 28.9 Å². The molecule has 0 amide bonds. The number of halogens is 1. The zero-order valence-electron chi connectivity index (χ0n) is 10.1. The molecule has 2 aromatic rings. The molecule has 0 aliphatic carbocycles. The number of rotatable bonds is 2. The summed E-state index contributed by atoms with van der Waals surface area (Å²) in [6.07, 6.45) is 1.99. The van der Waals surface area contributed by atoms with Crippen molar-refractivity contribution in [2.24, 2.45) is 0 Å². The van der Waals surface area contributed by atoms with E-state index >= 15 is 0 Å². The highest BCUT2D eigenvalue weighted by Gasteiger charge is 2.10. The minimum absolute atomic E-state index is 0.433. The molecule has 0 fully saturated rings. The third-order valence-corrected chi connectivity index (χ3v) is 3.44. The van der Waals surface area contributed by atoms with Gasteiger partial charge in [0.25, 0.3) is 0 Å². The van der Waals surface area contributed by atoms with Gasteiger partial charge in [0.05, 0.1) is 0 Å². The Kier molecular flexibility index (Phi) is 3.54. The van der Waals surface area contributed by atoms with Crippen LogP contribution in [0, 0.1) is 11.7 Å². The normalized spacial score (nSPS) is 11.1. The van der Waals surface area contributed by atoms with Crippen molar-refractivity contribution in [3.8, 4) is 5.69 Å². The van der Waals surface area contributed by atoms with Gasteiger partial charge in [0.2, 0.25) is 0 Å². The number of hydrogen-bond acceptors (Lipinski definition) is 1. The molecule has 1 aromatic carbocycles. The average molecular weight is 311 g/mol. The van der Waals surface area contributed by atoms with E-state index in [9.17, 15) is 0 Å². The highest BCUT2D eigenvalue weighted by molar-refractivity contribution is 9.10. The van der Waals surface area contributed by atoms with Gasteiger partial charge in [-0.2, -0.15) is 0 Å². The molecule has 0 radical (unpaired) electrons. The summed E-state index contributed by atoms with van der Waals surface area (Å²) in [5.41, 5.74) is 3.52. The molecule has 1 heterocycles. The number of nitrogens with one attached hydrogen (secondary N) is 1. The Bertz CT molecular complexity index is 575. The SMILES string of the molecule is Cc1cc(Br)cc(-n2c(C(C)C)c[nH]c2=S)c1. The van der Waals surface area contributed by atoms with E-state index in [-0.39, 0.29) is 0 Å². The van der Waals surface area contributed by atoms with Crippen molar-refractivity contribution in [3.63, 3.8) is 0 Å². The topological polar surface area (TPSA) is 20.7 Å². The Morgan fingerprint density at radius 2 is 2.00 bits per heavy atom. The first-order valence-electron chi connectivity index (χ1n) is 5.57. The summed E-state index contributed by atoms with van der Waals surface area (Å²) < 4.78 is 3.91. The van der Waals surface area contributed by atoms with Crippen LogP contribution < -0.4 is 0 Å². The van der Waals surface area contributed by atoms with Gasteiger partial charge in [-0.3, -0.25) is 4.57 Å². The first-order chi connectivity index (χ1) is 7.99. The van der Waals surface area contributed by atoms with Crippen LogP contribution in [-0.2, 0) is 0 Å². The number of aromatic nitrogens is 2. The average Bonchev–Trinajstić information content (AvgIpc) is 2.58. The lowest BCUT2D eigenvalue weighted by molar-refractivity contribution is 0.783. The van der Waals surface area contributed by atoms with E-state index in [4.69, 9.17) is 12.2 Å². The van der Waals surface area contributed by atoms with Gasteiger partial charge in [-0.1, -0.05) is 29.8 Å². The molecule has 2 nitrogen and oxygen atoms in total. The number of aryl methyl sites for hydroxylation is 1. The Morgan fingerprint density at radius 3 is 2.59 bits per heavy atom. The number of imidazole rings is 1. The second-order valence-corrected chi connectivity index (χ2v) is 5.80. The van der Waals surface area contributed by atoms with Crippen LogP contribution in [0.5, 0.6) is 0 Å². The molecule has 1 aromatic heterocycles. The largest absolute Gasteiger partial charge is 0.337 e. The van der Waals surface area contributed by atoms with Crippen LogP contribution in [0.4, 0.5) is 0 Å². The summed E-state index contributed by atoms with van der Waals surface area (Å²) in [6.45, 7) is 6.41. The molecular weight excluding hydrogens is 296 g/mol. The van der Waals surface area contributed by atoms with Crippen LogP contribution in [0.3, 0.4) is 0 Å². The number of hydrogen-bond donors (Lipinski definition) is 1. The second-order valence-electron chi connectivity index (χ2n) is 4.50. The Morgan fingerprint density at radius 1 is 1.29 bits per heavy atom. The number of nitrogens with zero attached hydrogens (tertiary/aromatic N) is 1. The summed E-state index contributed by atoms with van der Waals surface area (Å²) in [6, 6.07) is 6.32. The molecule has 4 heteroatoms. The number of H-pyrrole nitrogens is 1. The van der Waals surface area contributed by atoms with Gasteiger partial charge in [-0.05, 0) is 48.8 Å². The maximum absolute atomic E-state index is 5.35. The maximum atomic E-state index is 5.35. The van der Waals surface area contributed by atoms with Gasteiger partial charge in [-0.15, -0.1) is 0 Å². The molecule has 0 unspecified atom stereocenters. The summed E-state index contributed by atoms with van der Waals surface area (Å²) in [7, 11) is 0. The minimum atomic E-state index is 0.433. The lowest BCUT2D eigenvalue weighted by atomic mass is 10.1. The number of aromatic amines is 1. The van der Waals surface area contributed by atoms with Gasteiger partial charge in [0.1, 0.15) is 0 Å². The summed E-state index contributed by atoms with van der Waals surface area (Å²) in [5, 5.41) is 0. The van der Waals surface area contributed by atoms with Gasteiger partial charge in [-0.25, -0.2) is 0 Å². The minimum Gasteiger partial charge on any atom is -0.337 e. The van der Waals surface area contributed by atoms with E-state index in [2.05, 4.69) is 64.5 Å². The summed E-state index contributed by atoms with van der Waals surface area (Å²) in [4.78, 5) is 3.12. The first kappa shape index (κ1) is 12.6. The van der Waals surface area contributed by atoms with Crippen molar-refractivity contribution in [1.29, 1.82) is 0 Å². The molecule has 1 N–H and O–H groups in total. The van der Waals surface area contributed by atoms with Crippen molar-refractivity contribution < 1.29 is 0 Å². The highest BCUT2D eigenvalue weighted by atomic mass is 79.9. The third-order valence-electron chi connectivity index (χ3n) is 2.68. The molecule has 0 saturated carbocycles. The van der Waals surface area contributed by atoms with Gasteiger partial charge in [0, 0.05) is 22.1 Å². The highest BCUT2D eigenvalue weighted by Crippen LogP contribution is 2.23. The van der Waals surface area contributed by atoms with Crippen molar-refractivity contribution in [1.82, 2.24) is 9.55 Å². The number of benzene rings is 1. The van der Waals surface area contributed by atoms with Crippen molar-refractivity contribution in [2.75, 3.05) is 0 Å². The van der Waals surface area contributed by atoms with E-state index in [0.29, 0.717) is 5.92 Å². The predicted molar refractivity (Wildman–Crippen MR) is 77.5 cm³/mol. The Balaban J connectivity index is 2.67. The van der Waals surface area contributed by atoms with Crippen LogP contribution in [0.1, 0.15) is 31.0 Å². The Hall–Kier alpha value is -0.870. The molecule has 0 spiro atoms. The molecule has 17 heavy (non-hydrogen) atoms. The van der Waals surface area contributed by atoms with E-state index in [0.717, 1.165) is 14.9 Å². The second kappa shape index (κ2) is 4.78. The van der Waals surface area contributed by atoms with Crippen LogP contribution in [0.25, 0.3) is 5.69 Å². The van der Waals surface area contributed by atoms with Gasteiger partial charge >= 0.3 is 0 Å². The van der Waals surface area contributed by atoms with Gasteiger partial charge in [0.15, 0.2) is 4.77 Å². The van der Waals surface area contributed by atoms with Crippen LogP contribution in [0.2, 0.25) is 0 Å². The lowest BCUT2D eigenvalue weighted by Gasteiger charge is -2.12. The van der Waals surface area contributed by atoms with E-state index in [1.807, 2.05) is 6.20 Å². The van der Waals surface area contributed by atoms with Crippen LogP contribution >= 0.6 is 28.1 Å². The molecular formula is C13H15BrN2S. The van der Waals surface area contributed by atoms with Crippen LogP contribution in [-0.4, -0.2) is 9.55 Å².